The van der Waals surface area contributed by atoms with Crippen LogP contribution in [0.2, 0.25) is 0 Å². The van der Waals surface area contributed by atoms with Crippen LogP contribution >= 0.6 is 0 Å². The number of urea groups is 1. The molecule has 0 radical (unpaired) electrons. The highest BCUT2D eigenvalue weighted by Gasteiger charge is 2.43. The average molecular weight is 1280 g/mol. The highest BCUT2D eigenvalue weighted by molar-refractivity contribution is 6.00. The summed E-state index contributed by atoms with van der Waals surface area (Å²) < 4.78 is 6.03. The van der Waals surface area contributed by atoms with Crippen molar-refractivity contribution < 1.29 is 67.7 Å². The summed E-state index contributed by atoms with van der Waals surface area (Å²) in [6, 6.07) is 0.554. The highest BCUT2D eigenvalue weighted by atomic mass is 16.5. The van der Waals surface area contributed by atoms with Gasteiger partial charge >= 0.3 is 6.03 Å². The molecule has 2 fully saturated rings. The van der Waals surface area contributed by atoms with Gasteiger partial charge in [-0.1, -0.05) is 44.2 Å². The molecule has 9 atom stereocenters. The number of rotatable bonds is 31. The van der Waals surface area contributed by atoms with E-state index in [1.54, 1.807) is 65.1 Å². The molecule has 0 spiro atoms. The molecule has 0 bridgehead atoms. The zero-order valence-electron chi connectivity index (χ0n) is 52.3. The van der Waals surface area contributed by atoms with Crippen molar-refractivity contribution in [3.63, 3.8) is 0 Å². The minimum absolute atomic E-state index is 0.00328. The fourth-order valence-electron chi connectivity index (χ4n) is 10.5. The van der Waals surface area contributed by atoms with E-state index in [4.69, 9.17) is 21.9 Å². The molecule has 12 amide bonds. The number of aromatic hydroxyl groups is 1. The Balaban J connectivity index is 1.25. The van der Waals surface area contributed by atoms with Crippen molar-refractivity contribution >= 4 is 82.0 Å². The fourth-order valence-corrected chi connectivity index (χ4v) is 10.5. The Kier molecular flexibility index (Phi) is 25.4. The number of aliphatic hydroxyl groups is 1. The van der Waals surface area contributed by atoms with E-state index < -0.39 is 132 Å². The van der Waals surface area contributed by atoms with Gasteiger partial charge in [-0.3, -0.25) is 58.4 Å². The number of nitrogens with zero attached hydrogens (tertiary/aromatic N) is 3. The molecule has 500 valence electrons. The first kappa shape index (κ1) is 71.2. The first-order valence-electron chi connectivity index (χ1n) is 30.2. The van der Waals surface area contributed by atoms with Crippen LogP contribution in [0.25, 0.3) is 10.9 Å². The molecule has 2 saturated heterocycles. The molecule has 32 heteroatoms. The van der Waals surface area contributed by atoms with Gasteiger partial charge in [0.25, 0.3) is 5.91 Å². The molecule has 6 rings (SSSR count). The summed E-state index contributed by atoms with van der Waals surface area (Å²) in [4.78, 5) is 168. The summed E-state index contributed by atoms with van der Waals surface area (Å²) in [5, 5.41) is 43.0. The van der Waals surface area contributed by atoms with Crippen molar-refractivity contribution in [2.45, 2.75) is 165 Å². The Bertz CT molecular complexity index is 3290. The average Bonchev–Trinajstić information content (AvgIpc) is 1.49. The van der Waals surface area contributed by atoms with E-state index in [9.17, 15) is 63.0 Å². The van der Waals surface area contributed by atoms with Crippen molar-refractivity contribution in [2.75, 3.05) is 26.3 Å². The quantitative estimate of drug-likeness (QED) is 0.0105. The maximum atomic E-state index is 14.8. The second-order valence-corrected chi connectivity index (χ2v) is 24.4. The number of nitrogens with one attached hydrogen (secondary N) is 12. The number of benzene rings is 2. The zero-order valence-corrected chi connectivity index (χ0v) is 52.3. The van der Waals surface area contributed by atoms with E-state index >= 15 is 0 Å². The molecule has 2 aromatic heterocycles. The number of phenols is 1. The number of aliphatic hydroxyl groups excluding tert-OH is 1. The highest BCUT2D eigenvalue weighted by Crippen LogP contribution is 2.23. The molecule has 2 aliphatic rings. The van der Waals surface area contributed by atoms with Crippen LogP contribution in [0.15, 0.2) is 72.2 Å². The predicted molar refractivity (Wildman–Crippen MR) is 333 cm³/mol. The molecule has 0 saturated carbocycles. The molecule has 0 aliphatic carbocycles. The van der Waals surface area contributed by atoms with Gasteiger partial charge in [0.05, 0.1) is 25.1 Å². The number of hydrogen-bond acceptors (Lipinski definition) is 16. The second-order valence-electron chi connectivity index (χ2n) is 24.4. The number of carbonyl (C=O) groups excluding carboxylic acids is 11. The molecule has 2 aromatic carbocycles. The van der Waals surface area contributed by atoms with Crippen LogP contribution in [0, 0.1) is 5.92 Å². The van der Waals surface area contributed by atoms with Gasteiger partial charge in [0.15, 0.2) is 5.96 Å². The lowest BCUT2D eigenvalue weighted by atomic mass is 9.92. The van der Waals surface area contributed by atoms with Crippen LogP contribution in [-0.2, 0) is 71.9 Å². The summed E-state index contributed by atoms with van der Waals surface area (Å²) in [6.07, 6.45) is 4.85. The number of aromatic nitrogens is 3. The number of aliphatic imine (C=N–C) groups is 1. The molecule has 4 aromatic rings. The van der Waals surface area contributed by atoms with Gasteiger partial charge in [0, 0.05) is 67.8 Å². The fraction of sp³-hybridized carbons (Fsp3) is 0.517. The van der Waals surface area contributed by atoms with Gasteiger partial charge in [0.1, 0.15) is 59.6 Å². The monoisotopic (exact) mass is 1280 g/mol. The van der Waals surface area contributed by atoms with E-state index in [0.717, 1.165) is 0 Å². The number of guanidine groups is 1. The van der Waals surface area contributed by atoms with Gasteiger partial charge in [0.2, 0.25) is 53.2 Å². The number of likely N-dealkylation sites (tertiary alicyclic amines) is 1. The Morgan fingerprint density at radius 2 is 1.39 bits per heavy atom. The van der Waals surface area contributed by atoms with Crippen molar-refractivity contribution in [1.82, 2.24) is 73.2 Å². The largest absolute Gasteiger partial charge is 0.508 e. The topological polar surface area (TPSA) is 496 Å². The molecular formula is C60H86N18O14. The minimum Gasteiger partial charge on any atom is -0.508 e. The number of phenolic OH excluding ortho intramolecular Hbond substituents is 1. The lowest BCUT2D eigenvalue weighted by Gasteiger charge is -2.32. The summed E-state index contributed by atoms with van der Waals surface area (Å²) in [7, 11) is 0. The summed E-state index contributed by atoms with van der Waals surface area (Å²) in [5.74, 6) is -8.63. The summed E-state index contributed by atoms with van der Waals surface area (Å²) >= 11 is 0. The lowest BCUT2D eigenvalue weighted by Crippen LogP contribution is -2.64. The van der Waals surface area contributed by atoms with Crippen molar-refractivity contribution in [1.29, 1.82) is 0 Å². The normalized spacial score (nSPS) is 17.3. The SMILES string of the molecule is CC(C)CC(NC(=O)C(COC(C)(C)C)NC(=O)C(Cc1ccc(O)cc1)NC(=O)C(CO)NC(=O)C(Cc1c[nH]c2ccccc12)NC(=O)C(C)(Cc1cnc[nH]1)NC(=O)[C@H]1CCC(=O)N1)C(=O)NC(CCCN=C(N)N)C(=O)N1CCC[C@@H]1C(=O)NNC(N)=O. The number of para-hydroxylation sites is 1. The number of primary amides is 1. The smallest absolute Gasteiger partial charge is 0.330 e. The van der Waals surface area contributed by atoms with Crippen LogP contribution in [0.5, 0.6) is 5.75 Å². The number of hydrogen-bond donors (Lipinski definition) is 17. The van der Waals surface area contributed by atoms with Gasteiger partial charge in [-0.05, 0) is 101 Å². The third-order valence-corrected chi connectivity index (χ3v) is 15.2. The van der Waals surface area contributed by atoms with E-state index in [-0.39, 0.29) is 94.4 Å². The molecule has 2 aliphatic heterocycles. The van der Waals surface area contributed by atoms with Gasteiger partial charge < -0.3 is 89.6 Å². The number of nitrogens with two attached hydrogens (primary N) is 3. The summed E-state index contributed by atoms with van der Waals surface area (Å²) in [5.41, 5.74) is 19.8. The zero-order chi connectivity index (χ0) is 67.5. The van der Waals surface area contributed by atoms with Crippen LogP contribution in [-0.4, -0.2) is 187 Å². The molecule has 20 N–H and O–H groups in total. The number of amides is 12. The van der Waals surface area contributed by atoms with Crippen molar-refractivity contribution in [3.8, 4) is 5.75 Å². The first-order chi connectivity index (χ1) is 43.5. The van der Waals surface area contributed by atoms with Gasteiger partial charge in [-0.25, -0.2) is 15.2 Å². The molecule has 92 heavy (non-hydrogen) atoms. The van der Waals surface area contributed by atoms with Gasteiger partial charge in [-0.15, -0.1) is 0 Å². The Morgan fingerprint density at radius 3 is 2.02 bits per heavy atom. The van der Waals surface area contributed by atoms with Gasteiger partial charge in [-0.2, -0.15) is 0 Å². The minimum atomic E-state index is -1.81. The number of H-pyrrole nitrogens is 2. The predicted octanol–water partition coefficient (Wildman–Crippen LogP) is -2.72. The number of fused-ring (bicyclic) bond motifs is 1. The van der Waals surface area contributed by atoms with E-state index in [1.807, 2.05) is 5.43 Å². The van der Waals surface area contributed by atoms with Crippen LogP contribution in [0.3, 0.4) is 0 Å². The maximum absolute atomic E-state index is 14.8. The van der Waals surface area contributed by atoms with Crippen LogP contribution < -0.4 is 70.6 Å². The number of ether oxygens (including phenoxy) is 1. The number of imidazole rings is 1. The lowest BCUT2D eigenvalue weighted by molar-refractivity contribution is -0.142. The molecular weight excluding hydrogens is 1200 g/mol. The Morgan fingerprint density at radius 1 is 0.761 bits per heavy atom. The second kappa shape index (κ2) is 32.8. The first-order valence-corrected chi connectivity index (χ1v) is 30.2. The third-order valence-electron chi connectivity index (χ3n) is 15.2. The van der Waals surface area contributed by atoms with Crippen LogP contribution in [0.4, 0.5) is 4.79 Å². The number of hydrazine groups is 1. The van der Waals surface area contributed by atoms with E-state index in [2.05, 4.69) is 67.9 Å². The molecule has 4 heterocycles. The Hall–Kier alpha value is -9.85. The van der Waals surface area contributed by atoms with Crippen molar-refractivity contribution in [3.05, 3.63) is 84.1 Å². The van der Waals surface area contributed by atoms with E-state index in [1.165, 1.54) is 48.6 Å². The van der Waals surface area contributed by atoms with E-state index in [0.29, 0.717) is 34.1 Å². The Labute approximate surface area is 530 Å². The van der Waals surface area contributed by atoms with Crippen LogP contribution in [0.1, 0.15) is 103 Å². The molecule has 32 nitrogen and oxygen atoms in total. The summed E-state index contributed by atoms with van der Waals surface area (Å²) in [6.45, 7) is 8.70. The molecule has 7 unspecified atom stereocenters. The number of carbonyl (C=O) groups is 11. The van der Waals surface area contributed by atoms with Crippen molar-refractivity contribution in [2.24, 2.45) is 28.1 Å². The third kappa shape index (κ3) is 21.1. The maximum Gasteiger partial charge on any atom is 0.330 e. The number of aromatic amines is 2. The standard InChI is InChI=1S/C60H86N18O14/c1-32(2)23-41(48(82)69-40(13-9-21-65-57(61)62)55(89)78-22-10-14-46(78)54(88)76-77-58(63)91)70-52(86)45(30-92-59(3,4)5)73-49(83)42(24-33-15-17-36(80)18-16-33)71-51(85)44(29-79)72-50(84)43(25-34-27-66-38-12-8-7-11-37(34)38)74-56(90)60(6,26-35-28-64-31-67-35)75-53(87)39-19-20-47(81)68-39/h7-8,11-12,15-18,27-28,31-32,39-46,66,79-80H,9-10,13-14,19-26,29-30H2,1-6H3,(H,64,67)(H,68,81)(H,69,82)(H,70,86)(H,71,85)(H,72,84)(H,73,83)(H,74,90)(H,75,87)(H,76,88)(H4,61,62,65)(H3,63,77,91)/t39-,40?,41?,42?,43?,44?,45?,46-,60?/m1/s1.